The molecular weight excluding hydrogens is 248 g/mol. The van der Waals surface area contributed by atoms with E-state index in [1.165, 1.54) is 11.1 Å². The number of hydrogen-bond donors (Lipinski definition) is 2. The van der Waals surface area contributed by atoms with Crippen molar-refractivity contribution in [1.82, 2.24) is 0 Å². The smallest absolute Gasteiger partial charge is 0.121 e. The minimum Gasteiger partial charge on any atom is -0.496 e. The summed E-state index contributed by atoms with van der Waals surface area (Å²) in [5.41, 5.74) is 11.0. The molecule has 0 radical (unpaired) electrons. The zero-order valence-electron chi connectivity index (χ0n) is 11.9. The number of nitrogens with two attached hydrogens (primary N) is 1. The van der Waals surface area contributed by atoms with Gasteiger partial charge < -0.3 is 15.8 Å². The SMILES string of the molecule is COc1ccc(NC2CC(N)c3ccccc32)cc1C. The number of ether oxygens (including phenoxy) is 1. The highest BCUT2D eigenvalue weighted by Crippen LogP contribution is 2.39. The monoisotopic (exact) mass is 268 g/mol. The lowest BCUT2D eigenvalue weighted by Crippen LogP contribution is -2.10. The molecule has 0 aliphatic heterocycles. The maximum Gasteiger partial charge on any atom is 0.121 e. The summed E-state index contributed by atoms with van der Waals surface area (Å²) >= 11 is 0. The first-order valence-electron chi connectivity index (χ1n) is 6.94. The number of rotatable bonds is 3. The molecule has 0 bridgehead atoms. The summed E-state index contributed by atoms with van der Waals surface area (Å²) in [6.07, 6.45) is 0.935. The van der Waals surface area contributed by atoms with E-state index in [9.17, 15) is 0 Å². The Bertz CT molecular complexity index is 624. The predicted molar refractivity (Wildman–Crippen MR) is 82.1 cm³/mol. The maximum atomic E-state index is 6.21. The number of methoxy groups -OCH3 is 1. The minimum absolute atomic E-state index is 0.128. The molecule has 3 N–H and O–H groups in total. The summed E-state index contributed by atoms with van der Waals surface area (Å²) in [5.74, 6) is 0.916. The van der Waals surface area contributed by atoms with Crippen molar-refractivity contribution >= 4 is 5.69 Å². The molecule has 2 atom stereocenters. The van der Waals surface area contributed by atoms with Gasteiger partial charge in [0.2, 0.25) is 0 Å². The van der Waals surface area contributed by atoms with E-state index in [1.54, 1.807) is 7.11 Å². The van der Waals surface area contributed by atoms with Gasteiger partial charge in [0.1, 0.15) is 5.75 Å². The quantitative estimate of drug-likeness (QED) is 0.894. The fourth-order valence-electron chi connectivity index (χ4n) is 2.98. The Morgan fingerprint density at radius 1 is 1.15 bits per heavy atom. The summed E-state index contributed by atoms with van der Waals surface area (Å²) < 4.78 is 5.30. The molecule has 0 spiro atoms. The standard InChI is InChI=1S/C17H20N2O/c1-11-9-12(7-8-17(11)20-2)19-16-10-15(18)13-5-3-4-6-14(13)16/h3-9,15-16,19H,10,18H2,1-2H3. The van der Waals surface area contributed by atoms with Crippen LogP contribution in [0.5, 0.6) is 5.75 Å². The molecule has 3 heteroatoms. The zero-order chi connectivity index (χ0) is 14.1. The second kappa shape index (κ2) is 5.17. The maximum absolute atomic E-state index is 6.21. The predicted octanol–water partition coefficient (Wildman–Crippen LogP) is 3.56. The van der Waals surface area contributed by atoms with Crippen LogP contribution in [0.25, 0.3) is 0 Å². The third-order valence-corrected chi connectivity index (χ3v) is 4.00. The Labute approximate surface area is 119 Å². The van der Waals surface area contributed by atoms with Gasteiger partial charge in [-0.05, 0) is 48.2 Å². The molecule has 0 fully saturated rings. The van der Waals surface area contributed by atoms with E-state index in [0.717, 1.165) is 23.4 Å². The van der Waals surface area contributed by atoms with Crippen molar-refractivity contribution in [2.24, 2.45) is 5.73 Å². The van der Waals surface area contributed by atoms with Crippen LogP contribution in [0.1, 0.15) is 35.2 Å². The molecule has 0 saturated carbocycles. The van der Waals surface area contributed by atoms with E-state index in [1.807, 2.05) is 6.07 Å². The minimum atomic E-state index is 0.128. The van der Waals surface area contributed by atoms with Gasteiger partial charge in [0.25, 0.3) is 0 Å². The molecule has 3 rings (SSSR count). The molecule has 2 aromatic carbocycles. The van der Waals surface area contributed by atoms with Crippen molar-refractivity contribution in [2.75, 3.05) is 12.4 Å². The van der Waals surface area contributed by atoms with Gasteiger partial charge in [0.15, 0.2) is 0 Å². The molecule has 2 aromatic rings. The summed E-state index contributed by atoms with van der Waals surface area (Å²) in [6, 6.07) is 15.0. The topological polar surface area (TPSA) is 47.3 Å². The molecule has 0 amide bonds. The molecule has 2 unspecified atom stereocenters. The highest BCUT2D eigenvalue weighted by Gasteiger charge is 2.27. The van der Waals surface area contributed by atoms with Gasteiger partial charge in [0, 0.05) is 11.7 Å². The van der Waals surface area contributed by atoms with Crippen LogP contribution in [0.3, 0.4) is 0 Å². The lowest BCUT2D eigenvalue weighted by Gasteiger charge is -2.17. The fraction of sp³-hybridized carbons (Fsp3) is 0.294. The number of hydrogen-bond acceptors (Lipinski definition) is 3. The largest absolute Gasteiger partial charge is 0.496 e. The number of aryl methyl sites for hydroxylation is 1. The van der Waals surface area contributed by atoms with Crippen LogP contribution in [0.2, 0.25) is 0 Å². The Morgan fingerprint density at radius 2 is 1.90 bits per heavy atom. The number of anilines is 1. The van der Waals surface area contributed by atoms with Crippen LogP contribution >= 0.6 is 0 Å². The van der Waals surface area contributed by atoms with E-state index in [2.05, 4.69) is 48.6 Å². The first kappa shape index (κ1) is 13.0. The zero-order valence-corrected chi connectivity index (χ0v) is 11.9. The lowest BCUT2D eigenvalue weighted by molar-refractivity contribution is 0.412. The van der Waals surface area contributed by atoms with Crippen LogP contribution in [0.15, 0.2) is 42.5 Å². The number of fused-ring (bicyclic) bond motifs is 1. The van der Waals surface area contributed by atoms with E-state index < -0.39 is 0 Å². The summed E-state index contributed by atoms with van der Waals surface area (Å²) in [7, 11) is 1.70. The van der Waals surface area contributed by atoms with Crippen LogP contribution in [0.4, 0.5) is 5.69 Å². The first-order chi connectivity index (χ1) is 9.69. The van der Waals surface area contributed by atoms with Crippen molar-refractivity contribution in [3.05, 3.63) is 59.2 Å². The molecule has 3 nitrogen and oxygen atoms in total. The average molecular weight is 268 g/mol. The fourth-order valence-corrected chi connectivity index (χ4v) is 2.98. The van der Waals surface area contributed by atoms with Crippen molar-refractivity contribution in [1.29, 1.82) is 0 Å². The normalized spacial score (nSPS) is 20.6. The molecule has 20 heavy (non-hydrogen) atoms. The van der Waals surface area contributed by atoms with Crippen molar-refractivity contribution in [3.8, 4) is 5.75 Å². The van der Waals surface area contributed by atoms with E-state index in [-0.39, 0.29) is 12.1 Å². The molecular formula is C17H20N2O. The van der Waals surface area contributed by atoms with Crippen molar-refractivity contribution in [2.45, 2.75) is 25.4 Å². The van der Waals surface area contributed by atoms with Crippen LogP contribution in [0, 0.1) is 6.92 Å². The third kappa shape index (κ3) is 2.25. The molecule has 0 heterocycles. The van der Waals surface area contributed by atoms with Gasteiger partial charge in [-0.25, -0.2) is 0 Å². The Balaban J connectivity index is 1.84. The number of nitrogens with one attached hydrogen (secondary N) is 1. The second-order valence-corrected chi connectivity index (χ2v) is 5.35. The average Bonchev–Trinajstić information content (AvgIpc) is 2.76. The van der Waals surface area contributed by atoms with Gasteiger partial charge in [-0.2, -0.15) is 0 Å². The van der Waals surface area contributed by atoms with Crippen molar-refractivity contribution in [3.63, 3.8) is 0 Å². The summed E-state index contributed by atoms with van der Waals surface area (Å²) in [4.78, 5) is 0. The van der Waals surface area contributed by atoms with Crippen LogP contribution in [-0.2, 0) is 0 Å². The Kier molecular flexibility index (Phi) is 3.36. The van der Waals surface area contributed by atoms with Gasteiger partial charge in [-0.1, -0.05) is 24.3 Å². The molecule has 1 aliphatic carbocycles. The molecule has 0 aromatic heterocycles. The highest BCUT2D eigenvalue weighted by atomic mass is 16.5. The molecule has 1 aliphatic rings. The van der Waals surface area contributed by atoms with E-state index in [4.69, 9.17) is 10.5 Å². The van der Waals surface area contributed by atoms with E-state index in [0.29, 0.717) is 0 Å². The first-order valence-corrected chi connectivity index (χ1v) is 6.94. The van der Waals surface area contributed by atoms with E-state index >= 15 is 0 Å². The third-order valence-electron chi connectivity index (χ3n) is 4.00. The highest BCUT2D eigenvalue weighted by molar-refractivity contribution is 5.53. The van der Waals surface area contributed by atoms with Crippen molar-refractivity contribution < 1.29 is 4.74 Å². The molecule has 104 valence electrons. The summed E-state index contributed by atoms with van der Waals surface area (Å²) in [6.45, 7) is 2.05. The number of benzene rings is 2. The van der Waals surface area contributed by atoms with Crippen LogP contribution < -0.4 is 15.8 Å². The second-order valence-electron chi connectivity index (χ2n) is 5.35. The Hall–Kier alpha value is -2.00. The van der Waals surface area contributed by atoms with Gasteiger partial charge in [0.05, 0.1) is 13.2 Å². The van der Waals surface area contributed by atoms with Crippen LogP contribution in [-0.4, -0.2) is 7.11 Å². The van der Waals surface area contributed by atoms with Gasteiger partial charge in [-0.3, -0.25) is 0 Å². The molecule has 0 saturated heterocycles. The van der Waals surface area contributed by atoms with Gasteiger partial charge >= 0.3 is 0 Å². The Morgan fingerprint density at radius 3 is 2.60 bits per heavy atom. The summed E-state index contributed by atoms with van der Waals surface area (Å²) in [5, 5.41) is 3.58. The lowest BCUT2D eigenvalue weighted by atomic mass is 10.1. The van der Waals surface area contributed by atoms with Gasteiger partial charge in [-0.15, -0.1) is 0 Å².